The minimum absolute atomic E-state index is 0.234. The molecule has 0 aromatic heterocycles. The van der Waals surface area contributed by atoms with Crippen LogP contribution in [0.1, 0.15) is 92.9 Å². The van der Waals surface area contributed by atoms with E-state index in [0.717, 1.165) is 19.3 Å². The average Bonchev–Trinajstić information content (AvgIpc) is 2.42. The predicted octanol–water partition coefficient (Wildman–Crippen LogP) is 5.20. The highest BCUT2D eigenvalue weighted by atomic mass is 16.5. The van der Waals surface area contributed by atoms with Crippen LogP contribution in [0.15, 0.2) is 0 Å². The van der Waals surface area contributed by atoms with Gasteiger partial charge in [0.1, 0.15) is 0 Å². The molecule has 0 saturated heterocycles. The highest BCUT2D eigenvalue weighted by molar-refractivity contribution is 6.00. The summed E-state index contributed by atoms with van der Waals surface area (Å²) >= 11 is 0. The molecule has 23 heavy (non-hydrogen) atoms. The molecule has 0 spiro atoms. The zero-order chi connectivity index (χ0) is 18.1. The molecule has 2 unspecified atom stereocenters. The van der Waals surface area contributed by atoms with Gasteiger partial charge >= 0.3 is 11.9 Å². The summed E-state index contributed by atoms with van der Waals surface area (Å²) < 4.78 is 5.54. The minimum Gasteiger partial charge on any atom is -0.480 e. The molecule has 4 nitrogen and oxygen atoms in total. The zero-order valence-electron chi connectivity index (χ0n) is 15.9. The van der Waals surface area contributed by atoms with E-state index >= 15 is 0 Å². The fraction of sp³-hybridized carbons (Fsp3) is 0.895. The molecule has 0 rings (SSSR count). The van der Waals surface area contributed by atoms with Crippen LogP contribution >= 0.6 is 0 Å². The average molecular weight is 328 g/mol. The number of ether oxygens (including phenoxy) is 1. The summed E-state index contributed by atoms with van der Waals surface area (Å²) in [6.07, 6.45) is 7.27. The number of hydrogen-bond acceptors (Lipinski definition) is 3. The second kappa shape index (κ2) is 9.94. The zero-order valence-corrected chi connectivity index (χ0v) is 15.9. The summed E-state index contributed by atoms with van der Waals surface area (Å²) in [5.41, 5.74) is -2.16. The van der Waals surface area contributed by atoms with Crippen LogP contribution < -0.4 is 0 Å². The number of carboxylic acid groups (broad SMARTS) is 1. The highest BCUT2D eigenvalue weighted by Gasteiger charge is 2.56. The minimum atomic E-state index is -1.47. The summed E-state index contributed by atoms with van der Waals surface area (Å²) in [5, 5.41) is 9.75. The quantitative estimate of drug-likeness (QED) is 0.322. The van der Waals surface area contributed by atoms with E-state index < -0.39 is 22.8 Å². The van der Waals surface area contributed by atoms with Crippen LogP contribution in [0.5, 0.6) is 0 Å². The summed E-state index contributed by atoms with van der Waals surface area (Å²) in [7, 11) is 0. The van der Waals surface area contributed by atoms with Crippen molar-refractivity contribution >= 4 is 11.9 Å². The maximum Gasteiger partial charge on any atom is 0.324 e. The van der Waals surface area contributed by atoms with Crippen LogP contribution in [0.2, 0.25) is 0 Å². The molecule has 0 aromatic carbocycles. The Morgan fingerprint density at radius 2 is 1.57 bits per heavy atom. The molecule has 0 aromatic rings. The molecule has 0 heterocycles. The number of hydrogen-bond donors (Lipinski definition) is 1. The van der Waals surface area contributed by atoms with Crippen molar-refractivity contribution in [2.75, 3.05) is 0 Å². The summed E-state index contributed by atoms with van der Waals surface area (Å²) in [6.45, 7) is 11.3. The van der Waals surface area contributed by atoms with Crippen molar-refractivity contribution < 1.29 is 19.4 Å². The molecule has 0 amide bonds. The summed E-state index contributed by atoms with van der Waals surface area (Å²) in [5.74, 6) is -1.66. The van der Waals surface area contributed by atoms with Gasteiger partial charge in [-0.05, 0) is 31.6 Å². The Balaban J connectivity index is 4.82. The van der Waals surface area contributed by atoms with Crippen LogP contribution in [0.4, 0.5) is 0 Å². The predicted molar refractivity (Wildman–Crippen MR) is 93.4 cm³/mol. The van der Waals surface area contributed by atoms with Gasteiger partial charge in [0.25, 0.3) is 0 Å². The first-order chi connectivity index (χ1) is 10.6. The molecule has 1 N–H and O–H groups in total. The standard InChI is InChI=1S/C19H36O4/c1-7-9-10-11-12-13-15(3)23-17(22)19(14-8-2,16(20)21)18(4,5)6/h15H,7-14H2,1-6H3,(H,20,21). The smallest absolute Gasteiger partial charge is 0.324 e. The van der Waals surface area contributed by atoms with Gasteiger partial charge in [-0.25, -0.2) is 0 Å². The van der Waals surface area contributed by atoms with E-state index in [1.807, 2.05) is 13.8 Å². The van der Waals surface area contributed by atoms with E-state index in [9.17, 15) is 14.7 Å². The first kappa shape index (κ1) is 21.9. The monoisotopic (exact) mass is 328 g/mol. The van der Waals surface area contributed by atoms with Crippen molar-refractivity contribution in [1.29, 1.82) is 0 Å². The Labute approximate surface area is 142 Å². The first-order valence-corrected chi connectivity index (χ1v) is 9.08. The molecule has 0 aliphatic heterocycles. The van der Waals surface area contributed by atoms with Gasteiger partial charge in [0.15, 0.2) is 5.41 Å². The maximum absolute atomic E-state index is 12.7. The number of esters is 1. The van der Waals surface area contributed by atoms with Crippen LogP contribution in [-0.2, 0) is 14.3 Å². The van der Waals surface area contributed by atoms with E-state index in [4.69, 9.17) is 4.74 Å². The van der Waals surface area contributed by atoms with Gasteiger partial charge in [-0.3, -0.25) is 9.59 Å². The van der Waals surface area contributed by atoms with E-state index in [1.165, 1.54) is 19.3 Å². The molecule has 4 heteroatoms. The third-order valence-corrected chi connectivity index (χ3v) is 4.64. The van der Waals surface area contributed by atoms with Gasteiger partial charge in [-0.1, -0.05) is 66.7 Å². The normalized spacial score (nSPS) is 15.7. The van der Waals surface area contributed by atoms with Crippen LogP contribution in [-0.4, -0.2) is 23.1 Å². The van der Waals surface area contributed by atoms with Crippen molar-refractivity contribution in [3.8, 4) is 0 Å². The Morgan fingerprint density at radius 3 is 2.00 bits per heavy atom. The lowest BCUT2D eigenvalue weighted by atomic mass is 9.64. The van der Waals surface area contributed by atoms with Crippen molar-refractivity contribution in [1.82, 2.24) is 0 Å². The van der Waals surface area contributed by atoms with Crippen molar-refractivity contribution in [3.05, 3.63) is 0 Å². The Kier molecular flexibility index (Phi) is 9.48. The number of rotatable bonds is 11. The molecule has 136 valence electrons. The molecule has 0 aliphatic carbocycles. The summed E-state index contributed by atoms with van der Waals surface area (Å²) in [4.78, 5) is 24.6. The van der Waals surface area contributed by atoms with E-state index in [0.29, 0.717) is 12.8 Å². The molecule has 0 radical (unpaired) electrons. The molecule has 2 atom stereocenters. The van der Waals surface area contributed by atoms with Crippen molar-refractivity contribution in [3.63, 3.8) is 0 Å². The molecular formula is C19H36O4. The second-order valence-electron chi connectivity index (χ2n) is 7.63. The number of carbonyl (C=O) groups excluding carboxylic acids is 1. The van der Waals surface area contributed by atoms with Crippen molar-refractivity contribution in [2.24, 2.45) is 10.8 Å². The van der Waals surface area contributed by atoms with Gasteiger partial charge in [0.05, 0.1) is 6.10 Å². The van der Waals surface area contributed by atoms with Gasteiger partial charge in [0.2, 0.25) is 0 Å². The lowest BCUT2D eigenvalue weighted by Gasteiger charge is -2.39. The first-order valence-electron chi connectivity index (χ1n) is 9.08. The Bertz CT molecular complexity index is 370. The second-order valence-corrected chi connectivity index (χ2v) is 7.63. The third-order valence-electron chi connectivity index (χ3n) is 4.64. The van der Waals surface area contributed by atoms with Gasteiger partial charge < -0.3 is 9.84 Å². The molecule has 0 aliphatic rings. The highest BCUT2D eigenvalue weighted by Crippen LogP contribution is 2.44. The van der Waals surface area contributed by atoms with E-state index in [2.05, 4.69) is 6.92 Å². The number of carbonyl (C=O) groups is 2. The lowest BCUT2D eigenvalue weighted by molar-refractivity contribution is -0.182. The van der Waals surface area contributed by atoms with Gasteiger partial charge in [0, 0.05) is 0 Å². The van der Waals surface area contributed by atoms with Crippen LogP contribution in [0, 0.1) is 10.8 Å². The number of aliphatic carboxylic acids is 1. The molecular weight excluding hydrogens is 292 g/mol. The Hall–Kier alpha value is -1.06. The van der Waals surface area contributed by atoms with Crippen LogP contribution in [0.3, 0.4) is 0 Å². The fourth-order valence-corrected chi connectivity index (χ4v) is 3.05. The van der Waals surface area contributed by atoms with Gasteiger partial charge in [-0.15, -0.1) is 0 Å². The van der Waals surface area contributed by atoms with Crippen molar-refractivity contribution in [2.45, 2.75) is 99.0 Å². The topological polar surface area (TPSA) is 63.6 Å². The third kappa shape index (κ3) is 6.15. The van der Waals surface area contributed by atoms with E-state index in [-0.39, 0.29) is 6.10 Å². The Morgan fingerprint density at radius 1 is 1.00 bits per heavy atom. The molecule has 0 bridgehead atoms. The summed E-state index contributed by atoms with van der Waals surface area (Å²) in [6, 6.07) is 0. The lowest BCUT2D eigenvalue weighted by Crippen LogP contribution is -2.51. The SMILES string of the molecule is CCCCCCCC(C)OC(=O)C(CCC)(C(=O)O)C(C)(C)C. The fourth-order valence-electron chi connectivity index (χ4n) is 3.05. The molecule has 0 saturated carbocycles. The molecule has 0 fully saturated rings. The largest absolute Gasteiger partial charge is 0.480 e. The number of carboxylic acids is 1. The number of unbranched alkanes of at least 4 members (excludes halogenated alkanes) is 4. The van der Waals surface area contributed by atoms with Gasteiger partial charge in [-0.2, -0.15) is 0 Å². The van der Waals surface area contributed by atoms with Crippen LogP contribution in [0.25, 0.3) is 0 Å². The van der Waals surface area contributed by atoms with E-state index in [1.54, 1.807) is 20.8 Å². The maximum atomic E-state index is 12.7.